The molecule has 0 spiro atoms. The Morgan fingerprint density at radius 3 is 2.29 bits per heavy atom. The Morgan fingerprint density at radius 1 is 1.24 bits per heavy atom. The molecule has 17 heavy (non-hydrogen) atoms. The van der Waals surface area contributed by atoms with Gasteiger partial charge in [0.2, 0.25) is 0 Å². The smallest absolute Gasteiger partial charge is 0.316 e. The molecule has 0 aromatic rings. The predicted octanol–water partition coefficient (Wildman–Crippen LogP) is 1.90. The summed E-state index contributed by atoms with van der Waals surface area (Å²) in [6, 6.07) is 0. The standard InChI is InChI=1S/C13H20O4/c1-3-17-13(16)11(8-9(2)14)12(15)10-6-4-5-7-10/h10-11H,3-8H2,1-2H3. The van der Waals surface area contributed by atoms with E-state index in [1.807, 2.05) is 0 Å². The van der Waals surface area contributed by atoms with Gasteiger partial charge in [0.1, 0.15) is 11.7 Å². The molecule has 0 radical (unpaired) electrons. The fourth-order valence-electron chi connectivity index (χ4n) is 2.33. The lowest BCUT2D eigenvalue weighted by molar-refractivity contribution is -0.154. The fraction of sp³-hybridized carbons (Fsp3) is 0.769. The summed E-state index contributed by atoms with van der Waals surface area (Å²) in [4.78, 5) is 34.9. The molecule has 1 aliphatic carbocycles. The number of hydrogen-bond donors (Lipinski definition) is 0. The zero-order valence-electron chi connectivity index (χ0n) is 10.5. The van der Waals surface area contributed by atoms with Crippen LogP contribution in [0.2, 0.25) is 0 Å². The molecular weight excluding hydrogens is 220 g/mol. The summed E-state index contributed by atoms with van der Waals surface area (Å²) >= 11 is 0. The van der Waals surface area contributed by atoms with Crippen molar-refractivity contribution in [3.63, 3.8) is 0 Å². The summed E-state index contributed by atoms with van der Waals surface area (Å²) in [6.45, 7) is 3.34. The van der Waals surface area contributed by atoms with E-state index < -0.39 is 11.9 Å². The minimum Gasteiger partial charge on any atom is -0.465 e. The molecule has 96 valence electrons. The third-order valence-corrected chi connectivity index (χ3v) is 3.16. The summed E-state index contributed by atoms with van der Waals surface area (Å²) < 4.78 is 4.87. The van der Waals surface area contributed by atoms with Gasteiger partial charge in [0.15, 0.2) is 5.78 Å². The normalized spacial score (nSPS) is 17.8. The van der Waals surface area contributed by atoms with Gasteiger partial charge in [-0.1, -0.05) is 12.8 Å². The minimum atomic E-state index is -0.879. The Bertz CT molecular complexity index is 303. The molecule has 4 nitrogen and oxygen atoms in total. The van der Waals surface area contributed by atoms with Crippen molar-refractivity contribution in [2.24, 2.45) is 11.8 Å². The average molecular weight is 240 g/mol. The number of rotatable bonds is 6. The van der Waals surface area contributed by atoms with E-state index in [0.29, 0.717) is 0 Å². The van der Waals surface area contributed by atoms with Crippen LogP contribution in [-0.4, -0.2) is 24.1 Å². The Kier molecular flexibility index (Phi) is 5.32. The summed E-state index contributed by atoms with van der Waals surface area (Å²) in [6.07, 6.45) is 3.73. The van der Waals surface area contributed by atoms with Crippen LogP contribution >= 0.6 is 0 Å². The zero-order valence-corrected chi connectivity index (χ0v) is 10.5. The predicted molar refractivity (Wildman–Crippen MR) is 62.4 cm³/mol. The second kappa shape index (κ2) is 6.52. The van der Waals surface area contributed by atoms with Crippen LogP contribution in [0.25, 0.3) is 0 Å². The first-order chi connectivity index (χ1) is 8.06. The van der Waals surface area contributed by atoms with Crippen molar-refractivity contribution in [2.75, 3.05) is 6.61 Å². The van der Waals surface area contributed by atoms with Crippen molar-refractivity contribution in [1.29, 1.82) is 0 Å². The molecular formula is C13H20O4. The molecule has 0 saturated heterocycles. The summed E-state index contributed by atoms with van der Waals surface area (Å²) in [5.41, 5.74) is 0. The van der Waals surface area contributed by atoms with Gasteiger partial charge in [0.25, 0.3) is 0 Å². The summed E-state index contributed by atoms with van der Waals surface area (Å²) in [5, 5.41) is 0. The molecule has 0 heterocycles. The average Bonchev–Trinajstić information content (AvgIpc) is 2.78. The van der Waals surface area contributed by atoms with E-state index in [2.05, 4.69) is 0 Å². The van der Waals surface area contributed by atoms with Crippen LogP contribution in [0.1, 0.15) is 46.0 Å². The number of carbonyl (C=O) groups excluding carboxylic acids is 3. The van der Waals surface area contributed by atoms with Crippen LogP contribution in [-0.2, 0) is 19.1 Å². The van der Waals surface area contributed by atoms with Gasteiger partial charge in [-0.3, -0.25) is 14.4 Å². The van der Waals surface area contributed by atoms with E-state index in [-0.39, 0.29) is 30.5 Å². The Labute approximate surface area is 102 Å². The first-order valence-corrected chi connectivity index (χ1v) is 6.26. The molecule has 1 atom stereocenters. The van der Waals surface area contributed by atoms with Crippen molar-refractivity contribution in [1.82, 2.24) is 0 Å². The molecule has 4 heteroatoms. The number of esters is 1. The monoisotopic (exact) mass is 240 g/mol. The maximum atomic E-state index is 12.1. The molecule has 0 aromatic heterocycles. The van der Waals surface area contributed by atoms with Gasteiger partial charge in [-0.2, -0.15) is 0 Å². The molecule has 0 aromatic carbocycles. The third-order valence-electron chi connectivity index (χ3n) is 3.16. The molecule has 1 saturated carbocycles. The second-order valence-electron chi connectivity index (χ2n) is 4.59. The number of Topliss-reactive ketones (excluding diaryl/α,β-unsaturated/α-hetero) is 2. The molecule has 0 aliphatic heterocycles. The van der Waals surface area contributed by atoms with E-state index in [0.717, 1.165) is 25.7 Å². The highest BCUT2D eigenvalue weighted by Crippen LogP contribution is 2.29. The molecule has 1 unspecified atom stereocenters. The van der Waals surface area contributed by atoms with Crippen LogP contribution in [0, 0.1) is 11.8 Å². The maximum Gasteiger partial charge on any atom is 0.316 e. The van der Waals surface area contributed by atoms with Gasteiger partial charge in [-0.15, -0.1) is 0 Å². The minimum absolute atomic E-state index is 0.0197. The third kappa shape index (κ3) is 3.95. The van der Waals surface area contributed by atoms with Crippen LogP contribution in [0.15, 0.2) is 0 Å². The van der Waals surface area contributed by atoms with E-state index in [1.54, 1.807) is 6.92 Å². The van der Waals surface area contributed by atoms with Crippen molar-refractivity contribution in [2.45, 2.75) is 46.0 Å². The van der Waals surface area contributed by atoms with E-state index in [9.17, 15) is 14.4 Å². The lowest BCUT2D eigenvalue weighted by Gasteiger charge is -2.16. The van der Waals surface area contributed by atoms with Gasteiger partial charge in [-0.25, -0.2) is 0 Å². The van der Waals surface area contributed by atoms with Crippen LogP contribution in [0.5, 0.6) is 0 Å². The maximum absolute atomic E-state index is 12.1. The van der Waals surface area contributed by atoms with Crippen molar-refractivity contribution in [3.8, 4) is 0 Å². The van der Waals surface area contributed by atoms with Gasteiger partial charge in [0, 0.05) is 12.3 Å². The number of hydrogen-bond acceptors (Lipinski definition) is 4. The molecule has 1 fully saturated rings. The van der Waals surface area contributed by atoms with Gasteiger partial charge in [0.05, 0.1) is 6.61 Å². The van der Waals surface area contributed by atoms with E-state index >= 15 is 0 Å². The molecule has 0 bridgehead atoms. The van der Waals surface area contributed by atoms with Gasteiger partial charge in [-0.05, 0) is 26.7 Å². The summed E-state index contributed by atoms with van der Waals surface area (Å²) in [5.74, 6) is -1.72. The van der Waals surface area contributed by atoms with Crippen molar-refractivity contribution in [3.05, 3.63) is 0 Å². The topological polar surface area (TPSA) is 60.4 Å². The zero-order chi connectivity index (χ0) is 12.8. The molecule has 1 aliphatic rings. The molecule has 0 N–H and O–H groups in total. The van der Waals surface area contributed by atoms with Gasteiger partial charge < -0.3 is 4.74 Å². The summed E-state index contributed by atoms with van der Waals surface area (Å²) in [7, 11) is 0. The Morgan fingerprint density at radius 2 is 1.82 bits per heavy atom. The number of ketones is 2. The second-order valence-corrected chi connectivity index (χ2v) is 4.59. The Balaban J connectivity index is 2.70. The quantitative estimate of drug-likeness (QED) is 0.525. The SMILES string of the molecule is CCOC(=O)C(CC(C)=O)C(=O)C1CCCC1. The first kappa shape index (κ1) is 13.9. The van der Waals surface area contributed by atoms with Crippen molar-refractivity contribution < 1.29 is 19.1 Å². The van der Waals surface area contributed by atoms with E-state index in [4.69, 9.17) is 4.74 Å². The highest BCUT2D eigenvalue weighted by atomic mass is 16.5. The highest BCUT2D eigenvalue weighted by molar-refractivity contribution is 6.03. The molecule has 1 rings (SSSR count). The van der Waals surface area contributed by atoms with Crippen LogP contribution in [0.4, 0.5) is 0 Å². The largest absolute Gasteiger partial charge is 0.465 e. The van der Waals surface area contributed by atoms with Crippen molar-refractivity contribution >= 4 is 17.5 Å². The highest BCUT2D eigenvalue weighted by Gasteiger charge is 2.35. The molecule has 0 amide bonds. The van der Waals surface area contributed by atoms with Crippen LogP contribution in [0.3, 0.4) is 0 Å². The first-order valence-electron chi connectivity index (χ1n) is 6.26. The van der Waals surface area contributed by atoms with Crippen LogP contribution < -0.4 is 0 Å². The van der Waals surface area contributed by atoms with Gasteiger partial charge >= 0.3 is 5.97 Å². The number of carbonyl (C=O) groups is 3. The Hall–Kier alpha value is -1.19. The number of ether oxygens (including phenoxy) is 1. The lowest BCUT2D eigenvalue weighted by Crippen LogP contribution is -2.32. The van der Waals surface area contributed by atoms with E-state index in [1.165, 1.54) is 6.92 Å². The lowest BCUT2D eigenvalue weighted by atomic mass is 9.88. The fourth-order valence-corrected chi connectivity index (χ4v) is 2.33.